The number of morpholine rings is 1. The van der Waals surface area contributed by atoms with Crippen LogP contribution in [0.1, 0.15) is 82.3 Å². The Hall–Kier alpha value is -2.79. The first-order chi connectivity index (χ1) is 17.9. The third-order valence-corrected chi connectivity index (χ3v) is 8.36. The van der Waals surface area contributed by atoms with Crippen LogP contribution in [-0.4, -0.2) is 54.8 Å². The number of hydrogen-bond acceptors (Lipinski definition) is 7. The first-order valence-electron chi connectivity index (χ1n) is 13.4. The van der Waals surface area contributed by atoms with Crippen LogP contribution in [0.2, 0.25) is 0 Å². The summed E-state index contributed by atoms with van der Waals surface area (Å²) in [4.78, 5) is 6.98. The van der Waals surface area contributed by atoms with Crippen LogP contribution < -0.4 is 10.2 Å². The fourth-order valence-electron chi connectivity index (χ4n) is 6.17. The van der Waals surface area contributed by atoms with Gasteiger partial charge in [0.2, 0.25) is 0 Å². The number of halogens is 2. The van der Waals surface area contributed by atoms with Gasteiger partial charge in [-0.3, -0.25) is 4.68 Å². The monoisotopic (exact) mass is 515 g/mol. The molecule has 1 aliphatic carbocycles. The highest BCUT2D eigenvalue weighted by Gasteiger charge is 2.34. The van der Waals surface area contributed by atoms with Crippen molar-refractivity contribution in [3.63, 3.8) is 0 Å². The Labute approximate surface area is 214 Å². The van der Waals surface area contributed by atoms with E-state index >= 15 is 0 Å². The number of aliphatic hydroxyl groups excluding tert-OH is 1. The van der Waals surface area contributed by atoms with Gasteiger partial charge in [-0.15, -0.1) is 0 Å². The number of hydrogen-bond donors (Lipinski definition) is 2. The molecule has 3 aromatic rings. The van der Waals surface area contributed by atoms with Crippen LogP contribution in [0.15, 0.2) is 24.7 Å². The molecule has 1 saturated carbocycles. The molecule has 0 aromatic carbocycles. The molecule has 3 aliphatic rings. The van der Waals surface area contributed by atoms with E-state index in [0.717, 1.165) is 57.4 Å². The molecule has 3 aromatic heterocycles. The number of aliphatic hydroxyl groups is 1. The summed E-state index contributed by atoms with van der Waals surface area (Å²) in [5.74, 6) is 2.09. The third-order valence-electron chi connectivity index (χ3n) is 8.36. The molecule has 3 atom stereocenters. The number of alkyl halides is 2. The van der Waals surface area contributed by atoms with Crippen LogP contribution >= 0.6 is 0 Å². The molecule has 3 fully saturated rings. The minimum atomic E-state index is -2.76. The second-order valence-electron chi connectivity index (χ2n) is 11.1. The molecule has 0 amide bonds. The lowest BCUT2D eigenvalue weighted by atomic mass is 9.80. The number of ether oxygens (including phenoxy) is 1. The van der Waals surface area contributed by atoms with Gasteiger partial charge in [0, 0.05) is 25.5 Å². The number of rotatable bonds is 7. The van der Waals surface area contributed by atoms with Crippen molar-refractivity contribution in [3.05, 3.63) is 35.9 Å². The van der Waals surface area contributed by atoms with Gasteiger partial charge in [-0.05, 0) is 56.4 Å². The molecular weight excluding hydrogens is 480 g/mol. The topological polar surface area (TPSA) is 92.7 Å². The minimum Gasteiger partial charge on any atom is -0.371 e. The Morgan fingerprint density at radius 3 is 2.49 bits per heavy atom. The van der Waals surface area contributed by atoms with Crippen molar-refractivity contribution >= 4 is 17.2 Å². The zero-order valence-corrected chi connectivity index (χ0v) is 21.3. The van der Waals surface area contributed by atoms with Crippen molar-refractivity contribution in [3.8, 4) is 0 Å². The predicted octanol–water partition coefficient (Wildman–Crippen LogP) is 4.72. The summed E-state index contributed by atoms with van der Waals surface area (Å²) in [5.41, 5.74) is 0.686. The molecule has 6 rings (SSSR count). The van der Waals surface area contributed by atoms with E-state index in [0.29, 0.717) is 23.0 Å². The van der Waals surface area contributed by atoms with E-state index < -0.39 is 12.7 Å². The Kier molecular flexibility index (Phi) is 6.52. The van der Waals surface area contributed by atoms with Crippen molar-refractivity contribution in [1.29, 1.82) is 0 Å². The second kappa shape index (κ2) is 9.83. The van der Waals surface area contributed by atoms with E-state index in [9.17, 15) is 13.9 Å². The molecule has 200 valence electrons. The van der Waals surface area contributed by atoms with Gasteiger partial charge in [-0.1, -0.05) is 13.8 Å². The van der Waals surface area contributed by atoms with Crippen LogP contribution in [0.25, 0.3) is 5.65 Å². The Morgan fingerprint density at radius 2 is 1.81 bits per heavy atom. The summed E-state index contributed by atoms with van der Waals surface area (Å²) >= 11 is 0. The van der Waals surface area contributed by atoms with Crippen molar-refractivity contribution in [2.24, 2.45) is 11.8 Å². The van der Waals surface area contributed by atoms with Gasteiger partial charge in [0.25, 0.3) is 6.43 Å². The molecule has 1 unspecified atom stereocenters. The summed E-state index contributed by atoms with van der Waals surface area (Å²) < 4.78 is 37.0. The lowest BCUT2D eigenvalue weighted by molar-refractivity contribution is 0.0302. The largest absolute Gasteiger partial charge is 0.371 e. The van der Waals surface area contributed by atoms with Crippen LogP contribution in [0.4, 0.5) is 20.3 Å². The Morgan fingerprint density at radius 1 is 1.08 bits per heavy atom. The maximum absolute atomic E-state index is 13.9. The number of fused-ring (bicyclic) bond motifs is 3. The van der Waals surface area contributed by atoms with Crippen LogP contribution in [0, 0.1) is 11.8 Å². The first kappa shape index (κ1) is 24.5. The maximum atomic E-state index is 13.9. The van der Waals surface area contributed by atoms with E-state index in [1.807, 2.05) is 6.07 Å². The van der Waals surface area contributed by atoms with Crippen molar-refractivity contribution in [2.75, 3.05) is 23.3 Å². The van der Waals surface area contributed by atoms with Crippen molar-refractivity contribution < 1.29 is 18.6 Å². The minimum absolute atomic E-state index is 0.0882. The SMILES string of the molecule is CC(C)[C@H]1CC[C@H](n2cc(NC(O)c3cnn4ccc(N5C[C@H]6CC[C@@H](C5)O6)nc34)c(C(F)F)n2)CC1. The van der Waals surface area contributed by atoms with Gasteiger partial charge in [0.05, 0.1) is 35.7 Å². The van der Waals surface area contributed by atoms with Crippen LogP contribution in [-0.2, 0) is 4.74 Å². The molecule has 2 bridgehead atoms. The number of nitrogens with one attached hydrogen (secondary N) is 1. The fraction of sp³-hybridized carbons (Fsp3) is 0.654. The van der Waals surface area contributed by atoms with Crippen molar-refractivity contribution in [1.82, 2.24) is 24.4 Å². The van der Waals surface area contributed by atoms with E-state index in [4.69, 9.17) is 9.72 Å². The molecule has 0 radical (unpaired) electrons. The van der Waals surface area contributed by atoms with Gasteiger partial charge < -0.3 is 20.1 Å². The predicted molar refractivity (Wildman–Crippen MR) is 135 cm³/mol. The first-order valence-corrected chi connectivity index (χ1v) is 13.4. The average molecular weight is 516 g/mol. The zero-order chi connectivity index (χ0) is 25.7. The van der Waals surface area contributed by atoms with E-state index in [1.54, 1.807) is 21.6 Å². The smallest absolute Gasteiger partial charge is 0.284 e. The Bertz CT molecular complexity index is 1220. The van der Waals surface area contributed by atoms with E-state index in [-0.39, 0.29) is 29.6 Å². The van der Waals surface area contributed by atoms with Gasteiger partial charge in [0.15, 0.2) is 17.6 Å². The molecule has 0 spiro atoms. The van der Waals surface area contributed by atoms with E-state index in [2.05, 4.69) is 34.3 Å². The molecular formula is C26H35F2N7O2. The number of anilines is 2. The molecule has 5 heterocycles. The van der Waals surface area contributed by atoms with E-state index in [1.165, 1.54) is 6.20 Å². The molecule has 2 N–H and O–H groups in total. The lowest BCUT2D eigenvalue weighted by Crippen LogP contribution is -2.43. The van der Waals surface area contributed by atoms with Gasteiger partial charge in [-0.2, -0.15) is 10.2 Å². The molecule has 37 heavy (non-hydrogen) atoms. The van der Waals surface area contributed by atoms with Gasteiger partial charge in [-0.25, -0.2) is 18.3 Å². The normalized spacial score (nSPS) is 26.9. The quantitative estimate of drug-likeness (QED) is 0.440. The van der Waals surface area contributed by atoms with Gasteiger partial charge >= 0.3 is 0 Å². The highest BCUT2D eigenvalue weighted by molar-refractivity contribution is 5.57. The summed E-state index contributed by atoms with van der Waals surface area (Å²) in [5, 5.41) is 22.5. The standard InChI is InChI=1S/C26H35F2N7O2/c1-15(2)16-3-5-17(6-4-16)35-14-21(23(32-35)24(27)28)30-26(36)20-11-29-34-10-9-22(31-25(20)34)33-12-18-7-8-19(13-33)37-18/h9-11,14-19,24,26,30,36H,3-8,12-13H2,1-2H3/t16-,17-,18-,19+,26?. The second-order valence-corrected chi connectivity index (χ2v) is 11.1. The summed E-state index contributed by atoms with van der Waals surface area (Å²) in [6, 6.07) is 1.99. The zero-order valence-electron chi connectivity index (χ0n) is 21.3. The van der Waals surface area contributed by atoms with Crippen LogP contribution in [0.3, 0.4) is 0 Å². The third kappa shape index (κ3) is 4.79. The molecule has 11 heteroatoms. The van der Waals surface area contributed by atoms with Crippen LogP contribution in [0.5, 0.6) is 0 Å². The fourth-order valence-corrected chi connectivity index (χ4v) is 6.17. The Balaban J connectivity index is 1.22. The highest BCUT2D eigenvalue weighted by atomic mass is 19.3. The highest BCUT2D eigenvalue weighted by Crippen LogP contribution is 2.38. The number of aromatic nitrogens is 5. The molecule has 2 aliphatic heterocycles. The molecule has 2 saturated heterocycles. The number of nitrogens with zero attached hydrogens (tertiary/aromatic N) is 6. The summed E-state index contributed by atoms with van der Waals surface area (Å²) in [6.45, 7) is 6.03. The average Bonchev–Trinajstić information content (AvgIpc) is 3.60. The summed E-state index contributed by atoms with van der Waals surface area (Å²) in [6.07, 6.45) is 7.44. The van der Waals surface area contributed by atoms with Crippen molar-refractivity contribution in [2.45, 2.75) is 83.3 Å². The maximum Gasteiger partial charge on any atom is 0.284 e. The summed E-state index contributed by atoms with van der Waals surface area (Å²) in [7, 11) is 0. The van der Waals surface area contributed by atoms with Gasteiger partial charge in [0.1, 0.15) is 5.82 Å². The molecule has 9 nitrogen and oxygen atoms in total. The lowest BCUT2D eigenvalue weighted by Gasteiger charge is -2.33.